The molecule has 0 aliphatic carbocycles. The smallest absolute Gasteiger partial charge is 0.161 e. The number of rotatable bonds is 4. The standard InChI is InChI=1S/C15H16BrClIN3/c1-8(2)6-12-13(18)15(19-3)21-14(20-12)9-4-5-10(16)11(17)7-9/h4-5,7-8H,6H2,1-3H3,(H,19,20,21). The molecule has 6 heteroatoms. The zero-order chi connectivity index (χ0) is 15.6. The van der Waals surface area contributed by atoms with Crippen LogP contribution in [0.3, 0.4) is 0 Å². The second kappa shape index (κ2) is 7.24. The fourth-order valence-corrected chi connectivity index (χ4v) is 3.10. The van der Waals surface area contributed by atoms with Gasteiger partial charge >= 0.3 is 0 Å². The van der Waals surface area contributed by atoms with Gasteiger partial charge in [0.1, 0.15) is 5.82 Å². The Morgan fingerprint density at radius 2 is 2.05 bits per heavy atom. The topological polar surface area (TPSA) is 37.8 Å². The Labute approximate surface area is 152 Å². The van der Waals surface area contributed by atoms with Crippen molar-refractivity contribution in [3.8, 4) is 11.4 Å². The summed E-state index contributed by atoms with van der Waals surface area (Å²) in [6, 6.07) is 5.77. The van der Waals surface area contributed by atoms with Crippen LogP contribution >= 0.6 is 50.1 Å². The van der Waals surface area contributed by atoms with E-state index >= 15 is 0 Å². The third-order valence-electron chi connectivity index (χ3n) is 2.94. The Bertz CT molecular complexity index is 662. The molecule has 0 bridgehead atoms. The fraction of sp³-hybridized carbons (Fsp3) is 0.333. The second-order valence-corrected chi connectivity index (χ2v) is 7.47. The van der Waals surface area contributed by atoms with Crippen LogP contribution in [0.25, 0.3) is 11.4 Å². The van der Waals surface area contributed by atoms with Crippen molar-refractivity contribution < 1.29 is 0 Å². The number of anilines is 1. The molecule has 0 fully saturated rings. The summed E-state index contributed by atoms with van der Waals surface area (Å²) < 4.78 is 1.95. The molecule has 2 rings (SSSR count). The molecule has 1 N–H and O–H groups in total. The van der Waals surface area contributed by atoms with Gasteiger partial charge in [-0.1, -0.05) is 25.4 Å². The zero-order valence-corrected chi connectivity index (χ0v) is 16.5. The molecule has 0 unspecified atom stereocenters. The van der Waals surface area contributed by atoms with E-state index in [-0.39, 0.29) is 0 Å². The second-order valence-electron chi connectivity index (χ2n) is 5.13. The van der Waals surface area contributed by atoms with E-state index in [2.05, 4.69) is 62.7 Å². The Hall–Kier alpha value is -0.400. The summed E-state index contributed by atoms with van der Waals surface area (Å²) in [7, 11) is 1.88. The van der Waals surface area contributed by atoms with Gasteiger partial charge in [-0.2, -0.15) is 0 Å². The minimum atomic E-state index is 0.541. The SMILES string of the molecule is CNc1nc(-c2ccc(Br)c(Cl)c2)nc(CC(C)C)c1I. The van der Waals surface area contributed by atoms with Gasteiger partial charge in [-0.3, -0.25) is 0 Å². The lowest BCUT2D eigenvalue weighted by Gasteiger charge is -2.13. The van der Waals surface area contributed by atoms with Crippen molar-refractivity contribution in [2.75, 3.05) is 12.4 Å². The molecule has 1 heterocycles. The Kier molecular flexibility index (Phi) is 5.85. The predicted molar refractivity (Wildman–Crippen MR) is 101 cm³/mol. The number of nitrogens with zero attached hydrogens (tertiary/aromatic N) is 2. The zero-order valence-electron chi connectivity index (χ0n) is 12.0. The molecule has 0 radical (unpaired) electrons. The highest BCUT2D eigenvalue weighted by atomic mass is 127. The first-order chi connectivity index (χ1) is 9.92. The summed E-state index contributed by atoms with van der Waals surface area (Å²) in [4.78, 5) is 9.33. The molecule has 0 aliphatic rings. The molecule has 0 aliphatic heterocycles. The van der Waals surface area contributed by atoms with Gasteiger partial charge in [0.25, 0.3) is 0 Å². The van der Waals surface area contributed by atoms with E-state index in [1.54, 1.807) is 0 Å². The minimum Gasteiger partial charge on any atom is -0.372 e. The van der Waals surface area contributed by atoms with Crippen LogP contribution < -0.4 is 5.32 Å². The van der Waals surface area contributed by atoms with Gasteiger partial charge in [0.2, 0.25) is 0 Å². The van der Waals surface area contributed by atoms with Gasteiger partial charge in [-0.15, -0.1) is 0 Å². The normalized spacial score (nSPS) is 11.0. The molecule has 0 amide bonds. The average molecular weight is 481 g/mol. The summed E-state index contributed by atoms with van der Waals surface area (Å²) in [5, 5.41) is 3.80. The number of benzene rings is 1. The maximum atomic E-state index is 6.17. The van der Waals surface area contributed by atoms with Gasteiger partial charge in [0.05, 0.1) is 14.3 Å². The van der Waals surface area contributed by atoms with Crippen molar-refractivity contribution >= 4 is 55.9 Å². The van der Waals surface area contributed by atoms with Gasteiger partial charge in [0, 0.05) is 17.1 Å². The van der Waals surface area contributed by atoms with Crippen LogP contribution in [0, 0.1) is 9.49 Å². The maximum Gasteiger partial charge on any atom is 0.161 e. The summed E-state index contributed by atoms with van der Waals surface area (Å²) in [6.45, 7) is 4.38. The number of halogens is 3. The van der Waals surface area contributed by atoms with Crippen LogP contribution in [0.1, 0.15) is 19.5 Å². The molecule has 3 nitrogen and oxygen atoms in total. The summed E-state index contributed by atoms with van der Waals surface area (Å²) >= 11 is 11.9. The first-order valence-corrected chi connectivity index (χ1v) is 8.87. The lowest BCUT2D eigenvalue weighted by molar-refractivity contribution is 0.632. The molecule has 112 valence electrons. The highest BCUT2D eigenvalue weighted by Crippen LogP contribution is 2.30. The van der Waals surface area contributed by atoms with Crippen molar-refractivity contribution in [3.63, 3.8) is 0 Å². The van der Waals surface area contributed by atoms with Crippen molar-refractivity contribution in [2.45, 2.75) is 20.3 Å². The molecule has 1 aromatic carbocycles. The molecular weight excluding hydrogens is 464 g/mol. The van der Waals surface area contributed by atoms with Gasteiger partial charge in [-0.25, -0.2) is 9.97 Å². The van der Waals surface area contributed by atoms with E-state index in [9.17, 15) is 0 Å². The highest BCUT2D eigenvalue weighted by Gasteiger charge is 2.14. The van der Waals surface area contributed by atoms with Gasteiger partial charge in [0.15, 0.2) is 5.82 Å². The number of hydrogen-bond acceptors (Lipinski definition) is 3. The molecule has 2 aromatic rings. The molecule has 0 saturated heterocycles. The maximum absolute atomic E-state index is 6.17. The molecule has 1 aromatic heterocycles. The highest BCUT2D eigenvalue weighted by molar-refractivity contribution is 14.1. The van der Waals surface area contributed by atoms with Gasteiger partial charge in [-0.05, 0) is 69.1 Å². The van der Waals surface area contributed by atoms with Gasteiger partial charge < -0.3 is 5.32 Å². The van der Waals surface area contributed by atoms with Crippen molar-refractivity contribution in [1.82, 2.24) is 9.97 Å². The van der Waals surface area contributed by atoms with E-state index in [0.717, 1.165) is 31.5 Å². The van der Waals surface area contributed by atoms with E-state index in [0.29, 0.717) is 16.8 Å². The minimum absolute atomic E-state index is 0.541. The first kappa shape index (κ1) is 17.0. The quantitative estimate of drug-likeness (QED) is 0.595. The third kappa shape index (κ3) is 4.07. The molecule has 0 saturated carbocycles. The first-order valence-electron chi connectivity index (χ1n) is 6.62. The number of aromatic nitrogens is 2. The van der Waals surface area contributed by atoms with Crippen LogP contribution in [0.2, 0.25) is 5.02 Å². The van der Waals surface area contributed by atoms with Crippen LogP contribution in [0.4, 0.5) is 5.82 Å². The van der Waals surface area contributed by atoms with Crippen LogP contribution in [-0.2, 0) is 6.42 Å². The third-order valence-corrected chi connectivity index (χ3v) is 5.30. The number of nitrogens with one attached hydrogen (secondary N) is 1. The van der Waals surface area contributed by atoms with E-state index < -0.39 is 0 Å². The van der Waals surface area contributed by atoms with Crippen molar-refractivity contribution in [3.05, 3.63) is 37.0 Å². The van der Waals surface area contributed by atoms with Crippen LogP contribution in [0.15, 0.2) is 22.7 Å². The van der Waals surface area contributed by atoms with E-state index in [4.69, 9.17) is 16.6 Å². The Morgan fingerprint density at radius 3 is 2.62 bits per heavy atom. The summed E-state index contributed by atoms with van der Waals surface area (Å²) in [5.41, 5.74) is 1.99. The summed E-state index contributed by atoms with van der Waals surface area (Å²) in [6.07, 6.45) is 0.923. The van der Waals surface area contributed by atoms with Crippen LogP contribution in [0.5, 0.6) is 0 Å². The monoisotopic (exact) mass is 479 g/mol. The molecule has 0 spiro atoms. The van der Waals surface area contributed by atoms with Crippen LogP contribution in [-0.4, -0.2) is 17.0 Å². The number of hydrogen-bond donors (Lipinski definition) is 1. The van der Waals surface area contributed by atoms with E-state index in [1.807, 2.05) is 25.2 Å². The fourth-order valence-electron chi connectivity index (χ4n) is 1.95. The summed E-state index contributed by atoms with van der Waals surface area (Å²) in [5.74, 6) is 2.10. The van der Waals surface area contributed by atoms with Crippen molar-refractivity contribution in [2.24, 2.45) is 5.92 Å². The predicted octanol–water partition coefficient (Wildman–Crippen LogP) is 5.40. The molecule has 21 heavy (non-hydrogen) atoms. The molecule has 0 atom stereocenters. The van der Waals surface area contributed by atoms with Crippen molar-refractivity contribution in [1.29, 1.82) is 0 Å². The molecular formula is C15H16BrClIN3. The average Bonchev–Trinajstić information content (AvgIpc) is 2.43. The Morgan fingerprint density at radius 1 is 1.33 bits per heavy atom. The van der Waals surface area contributed by atoms with E-state index in [1.165, 1.54) is 0 Å². The Balaban J connectivity index is 2.54. The lowest BCUT2D eigenvalue weighted by Crippen LogP contribution is -2.07. The lowest BCUT2D eigenvalue weighted by atomic mass is 10.1. The largest absolute Gasteiger partial charge is 0.372 e.